The van der Waals surface area contributed by atoms with Crippen molar-refractivity contribution in [2.45, 2.75) is 77.3 Å². The number of guanidine groups is 1. The third-order valence-electron chi connectivity index (χ3n) is 4.97. The average molecular weight is 352 g/mol. The van der Waals surface area contributed by atoms with Gasteiger partial charge in [0.2, 0.25) is 5.91 Å². The largest absolute Gasteiger partial charge is 0.357 e. The molecule has 2 aliphatic rings. The van der Waals surface area contributed by atoms with Gasteiger partial charge in [-0.05, 0) is 58.9 Å². The number of hydrogen-bond acceptors (Lipinski definition) is 3. The molecule has 25 heavy (non-hydrogen) atoms. The number of nitrogens with one attached hydrogen (secondary N) is 3. The molecule has 0 bridgehead atoms. The molecule has 2 fully saturated rings. The maximum absolute atomic E-state index is 11.7. The lowest BCUT2D eigenvalue weighted by molar-refractivity contribution is -0.121. The Bertz CT molecular complexity index is 422. The number of nitrogens with zero attached hydrogens (tertiary/aromatic N) is 2. The van der Waals surface area contributed by atoms with Crippen molar-refractivity contribution in [2.24, 2.45) is 4.99 Å². The zero-order chi connectivity index (χ0) is 17.9. The van der Waals surface area contributed by atoms with Crippen LogP contribution in [0, 0.1) is 0 Å². The fraction of sp³-hybridized carbons (Fsp3) is 0.895. The number of hydrogen-bond donors (Lipinski definition) is 3. The van der Waals surface area contributed by atoms with Crippen molar-refractivity contribution in [3.63, 3.8) is 0 Å². The highest BCUT2D eigenvalue weighted by Gasteiger charge is 2.22. The first-order valence-electron chi connectivity index (χ1n) is 10.2. The van der Waals surface area contributed by atoms with Gasteiger partial charge in [0.25, 0.3) is 0 Å². The molecule has 2 rings (SSSR count). The van der Waals surface area contributed by atoms with Crippen LogP contribution < -0.4 is 16.0 Å². The van der Waals surface area contributed by atoms with Gasteiger partial charge in [-0.25, -0.2) is 0 Å². The van der Waals surface area contributed by atoms with Gasteiger partial charge in [0, 0.05) is 44.7 Å². The van der Waals surface area contributed by atoms with Gasteiger partial charge in [-0.1, -0.05) is 6.42 Å². The maximum atomic E-state index is 11.7. The molecule has 1 heterocycles. The Kier molecular flexibility index (Phi) is 9.08. The van der Waals surface area contributed by atoms with Crippen LogP contribution >= 0.6 is 0 Å². The zero-order valence-electron chi connectivity index (χ0n) is 16.1. The van der Waals surface area contributed by atoms with Crippen molar-refractivity contribution in [3.05, 3.63) is 0 Å². The van der Waals surface area contributed by atoms with Crippen LogP contribution in [0.5, 0.6) is 0 Å². The lowest BCUT2D eigenvalue weighted by atomic mass is 10.0. The standard InChI is InChI=1S/C19H37N5O/c1-3-20-19(21-12-6-9-18(25)23-17-10-11-17)22-13-7-15-24-14-5-4-8-16(24)2/h16-17H,3-15H2,1-2H3,(H,23,25)(H2,20,21,22). The van der Waals surface area contributed by atoms with Crippen molar-refractivity contribution < 1.29 is 4.79 Å². The first kappa shape index (κ1) is 20.0. The number of carbonyl (C=O) groups is 1. The van der Waals surface area contributed by atoms with Gasteiger partial charge in [0.05, 0.1) is 0 Å². The van der Waals surface area contributed by atoms with Crippen molar-refractivity contribution in [1.29, 1.82) is 0 Å². The number of likely N-dealkylation sites (tertiary alicyclic amines) is 1. The van der Waals surface area contributed by atoms with Crippen LogP contribution in [0.15, 0.2) is 4.99 Å². The highest BCUT2D eigenvalue weighted by molar-refractivity contribution is 5.79. The summed E-state index contributed by atoms with van der Waals surface area (Å²) in [6, 6.07) is 1.19. The Labute approximate surface area is 153 Å². The van der Waals surface area contributed by atoms with E-state index in [0.717, 1.165) is 57.3 Å². The molecule has 1 aliphatic heterocycles. The summed E-state index contributed by atoms with van der Waals surface area (Å²) in [4.78, 5) is 18.8. The van der Waals surface area contributed by atoms with E-state index in [4.69, 9.17) is 0 Å². The minimum atomic E-state index is 0.173. The highest BCUT2D eigenvalue weighted by atomic mass is 16.1. The molecule has 0 radical (unpaired) electrons. The van der Waals surface area contributed by atoms with Crippen LogP contribution in [0.1, 0.15) is 65.2 Å². The minimum Gasteiger partial charge on any atom is -0.357 e. The Balaban J connectivity index is 1.57. The lowest BCUT2D eigenvalue weighted by Crippen LogP contribution is -2.41. The van der Waals surface area contributed by atoms with E-state index in [0.29, 0.717) is 19.0 Å². The molecular weight excluding hydrogens is 314 g/mol. The van der Waals surface area contributed by atoms with Gasteiger partial charge in [-0.2, -0.15) is 0 Å². The number of aliphatic imine (C=N–C) groups is 1. The summed E-state index contributed by atoms with van der Waals surface area (Å²) < 4.78 is 0. The van der Waals surface area contributed by atoms with E-state index in [1.165, 1.54) is 25.8 Å². The summed E-state index contributed by atoms with van der Waals surface area (Å²) in [6.07, 6.45) is 8.88. The van der Waals surface area contributed by atoms with Crippen LogP contribution in [-0.2, 0) is 4.79 Å². The number of carbonyl (C=O) groups excluding carboxylic acids is 1. The van der Waals surface area contributed by atoms with E-state index in [9.17, 15) is 4.79 Å². The summed E-state index contributed by atoms with van der Waals surface area (Å²) in [5.74, 6) is 1.04. The zero-order valence-corrected chi connectivity index (χ0v) is 16.1. The summed E-state index contributed by atoms with van der Waals surface area (Å²) in [6.45, 7) is 9.32. The van der Waals surface area contributed by atoms with Crippen molar-refractivity contribution in [1.82, 2.24) is 20.9 Å². The fourth-order valence-corrected chi connectivity index (χ4v) is 3.28. The van der Waals surface area contributed by atoms with Gasteiger partial charge in [-0.15, -0.1) is 0 Å². The molecule has 1 unspecified atom stereocenters. The molecular formula is C19H37N5O. The lowest BCUT2D eigenvalue weighted by Gasteiger charge is -2.33. The third-order valence-corrected chi connectivity index (χ3v) is 4.97. The quantitative estimate of drug-likeness (QED) is 0.319. The number of amides is 1. The van der Waals surface area contributed by atoms with E-state index in [2.05, 4.69) is 39.7 Å². The monoisotopic (exact) mass is 351 g/mol. The summed E-state index contributed by atoms with van der Waals surface area (Å²) in [7, 11) is 0. The summed E-state index contributed by atoms with van der Waals surface area (Å²) >= 11 is 0. The predicted octanol–water partition coefficient (Wildman–Crippen LogP) is 1.86. The van der Waals surface area contributed by atoms with Gasteiger partial charge in [0.1, 0.15) is 0 Å². The molecule has 1 aliphatic carbocycles. The molecule has 3 N–H and O–H groups in total. The van der Waals surface area contributed by atoms with Crippen molar-refractivity contribution in [2.75, 3.05) is 32.7 Å². The molecule has 1 amide bonds. The molecule has 0 aromatic carbocycles. The van der Waals surface area contributed by atoms with Crippen LogP contribution in [0.4, 0.5) is 0 Å². The molecule has 0 spiro atoms. The summed E-state index contributed by atoms with van der Waals surface area (Å²) in [5, 5.41) is 9.72. The van der Waals surface area contributed by atoms with Gasteiger partial charge in [-0.3, -0.25) is 9.79 Å². The molecule has 0 aromatic rings. The predicted molar refractivity (Wildman–Crippen MR) is 104 cm³/mol. The van der Waals surface area contributed by atoms with Crippen LogP contribution in [0.3, 0.4) is 0 Å². The second-order valence-electron chi connectivity index (χ2n) is 7.37. The van der Waals surface area contributed by atoms with Gasteiger partial charge >= 0.3 is 0 Å². The van der Waals surface area contributed by atoms with Gasteiger partial charge in [0.15, 0.2) is 5.96 Å². The van der Waals surface area contributed by atoms with Crippen LogP contribution in [0.2, 0.25) is 0 Å². The molecule has 0 aromatic heterocycles. The SMILES string of the molecule is CCNC(=NCCCC(=O)NC1CC1)NCCCN1CCCCC1C. The first-order valence-corrected chi connectivity index (χ1v) is 10.2. The number of piperidine rings is 1. The fourth-order valence-electron chi connectivity index (χ4n) is 3.28. The maximum Gasteiger partial charge on any atom is 0.220 e. The second kappa shape index (κ2) is 11.3. The normalized spacial score (nSPS) is 21.8. The highest BCUT2D eigenvalue weighted by Crippen LogP contribution is 2.18. The minimum absolute atomic E-state index is 0.173. The topological polar surface area (TPSA) is 68.8 Å². The Hall–Kier alpha value is -1.30. The first-order chi connectivity index (χ1) is 12.2. The van der Waals surface area contributed by atoms with E-state index in [-0.39, 0.29) is 5.91 Å². The Morgan fingerprint density at radius 2 is 2.00 bits per heavy atom. The Morgan fingerprint density at radius 1 is 1.16 bits per heavy atom. The summed E-state index contributed by atoms with van der Waals surface area (Å²) in [5.41, 5.74) is 0. The molecule has 6 nitrogen and oxygen atoms in total. The van der Waals surface area contributed by atoms with Crippen LogP contribution in [0.25, 0.3) is 0 Å². The van der Waals surface area contributed by atoms with Crippen molar-refractivity contribution >= 4 is 11.9 Å². The van der Waals surface area contributed by atoms with Crippen molar-refractivity contribution in [3.8, 4) is 0 Å². The van der Waals surface area contributed by atoms with E-state index in [1.807, 2.05) is 0 Å². The molecule has 1 saturated heterocycles. The second-order valence-corrected chi connectivity index (χ2v) is 7.37. The molecule has 1 atom stereocenters. The number of rotatable bonds is 10. The smallest absolute Gasteiger partial charge is 0.220 e. The van der Waals surface area contributed by atoms with Gasteiger partial charge < -0.3 is 20.9 Å². The van der Waals surface area contributed by atoms with E-state index < -0.39 is 0 Å². The van der Waals surface area contributed by atoms with E-state index in [1.54, 1.807) is 0 Å². The average Bonchev–Trinajstić information content (AvgIpc) is 3.40. The third kappa shape index (κ3) is 8.56. The Morgan fingerprint density at radius 3 is 2.72 bits per heavy atom. The molecule has 1 saturated carbocycles. The molecule has 6 heteroatoms. The molecule has 144 valence electrons. The van der Waals surface area contributed by atoms with Crippen LogP contribution in [-0.4, -0.2) is 61.6 Å². The van der Waals surface area contributed by atoms with E-state index >= 15 is 0 Å².